The third-order valence-corrected chi connectivity index (χ3v) is 4.83. The van der Waals surface area contributed by atoms with Crippen molar-refractivity contribution in [2.45, 2.75) is 13.8 Å². The molecule has 1 aromatic heterocycles. The second-order valence-corrected chi connectivity index (χ2v) is 6.88. The van der Waals surface area contributed by atoms with Gasteiger partial charge in [0.05, 0.1) is 43.3 Å². The standard InChI is InChI=1S/C18H19N3O6S2/c1-5-27-16(24)13-9(2)19-18(29-13)21-17(28)20-12-8-10(14(22)25-3)6-7-11(12)15(23)26-4/h6-8H,5H2,1-4H3,(H2,19,20,21,28). The second-order valence-electron chi connectivity index (χ2n) is 5.48. The van der Waals surface area contributed by atoms with Gasteiger partial charge in [-0.25, -0.2) is 19.4 Å². The molecule has 2 aromatic rings. The number of esters is 3. The molecule has 29 heavy (non-hydrogen) atoms. The summed E-state index contributed by atoms with van der Waals surface area (Å²) in [5.41, 5.74) is 1.14. The molecule has 0 unspecified atom stereocenters. The number of thiazole rings is 1. The van der Waals surface area contributed by atoms with E-state index in [0.29, 0.717) is 15.7 Å². The number of carbonyl (C=O) groups excluding carboxylic acids is 3. The number of aryl methyl sites for hydroxylation is 1. The summed E-state index contributed by atoms with van der Waals surface area (Å²) in [6, 6.07) is 4.29. The van der Waals surface area contributed by atoms with Gasteiger partial charge in [0.1, 0.15) is 4.88 Å². The Balaban J connectivity index is 2.23. The number of thiocarbonyl (C=S) groups is 1. The predicted molar refractivity (Wildman–Crippen MR) is 112 cm³/mol. The summed E-state index contributed by atoms with van der Waals surface area (Å²) < 4.78 is 14.4. The number of methoxy groups -OCH3 is 2. The molecule has 0 saturated heterocycles. The van der Waals surface area contributed by atoms with E-state index in [0.717, 1.165) is 11.3 Å². The number of benzene rings is 1. The van der Waals surface area contributed by atoms with Crippen LogP contribution in [-0.2, 0) is 14.2 Å². The molecule has 0 radical (unpaired) electrons. The number of carbonyl (C=O) groups is 3. The number of rotatable bonds is 6. The zero-order valence-electron chi connectivity index (χ0n) is 16.2. The molecule has 0 bridgehead atoms. The third kappa shape index (κ3) is 5.48. The van der Waals surface area contributed by atoms with Crippen LogP contribution < -0.4 is 10.6 Å². The molecule has 1 aromatic carbocycles. The van der Waals surface area contributed by atoms with Crippen LogP contribution in [-0.4, -0.2) is 48.8 Å². The van der Waals surface area contributed by atoms with Crippen LogP contribution in [0.5, 0.6) is 0 Å². The lowest BCUT2D eigenvalue weighted by Gasteiger charge is -2.13. The van der Waals surface area contributed by atoms with Crippen LogP contribution in [0.2, 0.25) is 0 Å². The first-order valence-corrected chi connectivity index (χ1v) is 9.56. The Kier molecular flexibility index (Phi) is 7.62. The summed E-state index contributed by atoms with van der Waals surface area (Å²) in [6.07, 6.45) is 0. The lowest BCUT2D eigenvalue weighted by atomic mass is 10.1. The highest BCUT2D eigenvalue weighted by Gasteiger charge is 2.19. The number of hydrogen-bond donors (Lipinski definition) is 2. The van der Waals surface area contributed by atoms with Gasteiger partial charge in [-0.1, -0.05) is 11.3 Å². The van der Waals surface area contributed by atoms with Crippen molar-refractivity contribution in [2.24, 2.45) is 0 Å². The average Bonchev–Trinajstić information content (AvgIpc) is 3.06. The molecule has 1 heterocycles. The van der Waals surface area contributed by atoms with Gasteiger partial charge < -0.3 is 24.8 Å². The lowest BCUT2D eigenvalue weighted by molar-refractivity contribution is 0.0529. The SMILES string of the molecule is CCOC(=O)c1sc(NC(=S)Nc2cc(C(=O)OC)ccc2C(=O)OC)nc1C. The Hall–Kier alpha value is -3.05. The van der Waals surface area contributed by atoms with Gasteiger partial charge in [0.2, 0.25) is 0 Å². The van der Waals surface area contributed by atoms with Crippen LogP contribution in [0, 0.1) is 6.92 Å². The van der Waals surface area contributed by atoms with Gasteiger partial charge in [0.15, 0.2) is 10.2 Å². The summed E-state index contributed by atoms with van der Waals surface area (Å²) in [5.74, 6) is -1.65. The summed E-state index contributed by atoms with van der Waals surface area (Å²) in [7, 11) is 2.49. The molecule has 0 aliphatic heterocycles. The van der Waals surface area contributed by atoms with E-state index in [1.807, 2.05) is 0 Å². The molecule has 0 aliphatic carbocycles. The monoisotopic (exact) mass is 437 g/mol. The number of ether oxygens (including phenoxy) is 3. The highest BCUT2D eigenvalue weighted by atomic mass is 32.1. The molecule has 0 aliphatic rings. The third-order valence-electron chi connectivity index (χ3n) is 3.57. The van der Waals surface area contributed by atoms with Gasteiger partial charge in [-0.3, -0.25) is 0 Å². The number of anilines is 2. The molecule has 0 saturated carbocycles. The van der Waals surface area contributed by atoms with E-state index in [4.69, 9.17) is 26.4 Å². The largest absolute Gasteiger partial charge is 0.465 e. The number of hydrogen-bond acceptors (Lipinski definition) is 9. The van der Waals surface area contributed by atoms with E-state index in [1.54, 1.807) is 13.8 Å². The number of nitrogens with one attached hydrogen (secondary N) is 2. The van der Waals surface area contributed by atoms with E-state index in [1.165, 1.54) is 32.4 Å². The summed E-state index contributed by atoms with van der Waals surface area (Å²) in [5, 5.41) is 6.15. The molecular formula is C18H19N3O6S2. The van der Waals surface area contributed by atoms with E-state index < -0.39 is 17.9 Å². The molecule has 154 valence electrons. The molecule has 0 fully saturated rings. The van der Waals surface area contributed by atoms with Gasteiger partial charge in [-0.05, 0) is 44.3 Å². The maximum atomic E-state index is 12.0. The van der Waals surface area contributed by atoms with Crippen LogP contribution in [0.4, 0.5) is 10.8 Å². The maximum Gasteiger partial charge on any atom is 0.350 e. The molecule has 11 heteroatoms. The van der Waals surface area contributed by atoms with Crippen LogP contribution in [0.3, 0.4) is 0 Å². The van der Waals surface area contributed by atoms with Gasteiger partial charge in [0, 0.05) is 0 Å². The molecule has 0 atom stereocenters. The van der Waals surface area contributed by atoms with Crippen LogP contribution >= 0.6 is 23.6 Å². The fourth-order valence-electron chi connectivity index (χ4n) is 2.27. The smallest absolute Gasteiger partial charge is 0.350 e. The van der Waals surface area contributed by atoms with Crippen molar-refractivity contribution in [3.8, 4) is 0 Å². The topological polar surface area (TPSA) is 116 Å². The second kappa shape index (κ2) is 9.94. The molecule has 2 rings (SSSR count). The van der Waals surface area contributed by atoms with Crippen molar-refractivity contribution in [2.75, 3.05) is 31.5 Å². The van der Waals surface area contributed by atoms with Crippen molar-refractivity contribution in [1.29, 1.82) is 0 Å². The fourth-order valence-corrected chi connectivity index (χ4v) is 3.40. The summed E-state index contributed by atoms with van der Waals surface area (Å²) >= 11 is 6.35. The number of aromatic nitrogens is 1. The minimum Gasteiger partial charge on any atom is -0.465 e. The molecular weight excluding hydrogens is 418 g/mol. The maximum absolute atomic E-state index is 12.0. The highest BCUT2D eigenvalue weighted by molar-refractivity contribution is 7.80. The fraction of sp³-hybridized carbons (Fsp3) is 0.278. The normalized spacial score (nSPS) is 10.1. The Morgan fingerprint density at radius 1 is 1.10 bits per heavy atom. The molecule has 0 amide bonds. The summed E-state index contributed by atoms with van der Waals surface area (Å²) in [6.45, 7) is 3.65. The van der Waals surface area contributed by atoms with Crippen LogP contribution in [0.25, 0.3) is 0 Å². The van der Waals surface area contributed by atoms with E-state index in [9.17, 15) is 14.4 Å². The predicted octanol–water partition coefficient (Wildman–Crippen LogP) is 3.01. The van der Waals surface area contributed by atoms with Crippen molar-refractivity contribution >= 4 is 57.4 Å². The Morgan fingerprint density at radius 3 is 2.41 bits per heavy atom. The lowest BCUT2D eigenvalue weighted by Crippen LogP contribution is -2.21. The first kappa shape index (κ1) is 22.2. The van der Waals surface area contributed by atoms with Crippen molar-refractivity contribution in [1.82, 2.24) is 4.98 Å². The van der Waals surface area contributed by atoms with Crippen LogP contribution in [0.15, 0.2) is 18.2 Å². The summed E-state index contributed by atoms with van der Waals surface area (Å²) in [4.78, 5) is 40.3. The first-order valence-electron chi connectivity index (χ1n) is 8.33. The molecule has 2 N–H and O–H groups in total. The molecule has 9 nitrogen and oxygen atoms in total. The quantitative estimate of drug-likeness (QED) is 0.397. The minimum atomic E-state index is -0.610. The van der Waals surface area contributed by atoms with Gasteiger partial charge in [0.25, 0.3) is 0 Å². The van der Waals surface area contributed by atoms with Gasteiger partial charge in [-0.15, -0.1) is 0 Å². The van der Waals surface area contributed by atoms with Gasteiger partial charge in [-0.2, -0.15) is 0 Å². The Morgan fingerprint density at radius 2 is 1.79 bits per heavy atom. The van der Waals surface area contributed by atoms with E-state index >= 15 is 0 Å². The zero-order chi connectivity index (χ0) is 21.6. The van der Waals surface area contributed by atoms with E-state index in [-0.39, 0.29) is 28.5 Å². The molecule has 0 spiro atoms. The van der Waals surface area contributed by atoms with Crippen molar-refractivity contribution < 1.29 is 28.6 Å². The van der Waals surface area contributed by atoms with E-state index in [2.05, 4.69) is 15.6 Å². The zero-order valence-corrected chi connectivity index (χ0v) is 17.8. The van der Waals surface area contributed by atoms with Crippen molar-refractivity contribution in [3.05, 3.63) is 39.9 Å². The van der Waals surface area contributed by atoms with Gasteiger partial charge >= 0.3 is 17.9 Å². The highest BCUT2D eigenvalue weighted by Crippen LogP contribution is 2.24. The Bertz CT molecular complexity index is 957. The number of nitrogens with zero attached hydrogens (tertiary/aromatic N) is 1. The van der Waals surface area contributed by atoms with Crippen molar-refractivity contribution in [3.63, 3.8) is 0 Å². The first-order chi connectivity index (χ1) is 13.8. The Labute approximate surface area is 176 Å². The average molecular weight is 437 g/mol. The minimum absolute atomic E-state index is 0.0985. The van der Waals surface area contributed by atoms with Crippen LogP contribution in [0.1, 0.15) is 43.0 Å².